The van der Waals surface area contributed by atoms with Crippen LogP contribution in [0.25, 0.3) is 99.9 Å². The number of rotatable bonds is 5. The fourth-order valence-electron chi connectivity index (χ4n) is 7.39. The standard InChI is InChI=1S/C47H29N3O/c1-3-14-30(15-4-1)33-27-28-40(36-21-10-9-20-35(33)36)47-49-45(32-17-5-2-6-18-32)48-46(50-47)39-23-12-11-22-37(39)38-24-13-25-41-43-34-19-8-7-16-31(34)26-29-42(43)51-44(38)41/h1-29H. The lowest BCUT2D eigenvalue weighted by molar-refractivity contribution is 0.670. The molecule has 10 aromatic rings. The largest absolute Gasteiger partial charge is 0.455 e. The minimum absolute atomic E-state index is 0.601. The van der Waals surface area contributed by atoms with Crippen molar-refractivity contribution in [2.24, 2.45) is 0 Å². The minimum Gasteiger partial charge on any atom is -0.455 e. The zero-order valence-corrected chi connectivity index (χ0v) is 27.5. The van der Waals surface area contributed by atoms with Gasteiger partial charge in [-0.05, 0) is 50.4 Å². The number of fused-ring (bicyclic) bond motifs is 6. The zero-order chi connectivity index (χ0) is 33.7. The van der Waals surface area contributed by atoms with E-state index in [-0.39, 0.29) is 0 Å². The molecule has 238 valence electrons. The monoisotopic (exact) mass is 651 g/mol. The molecule has 0 amide bonds. The van der Waals surface area contributed by atoms with Crippen LogP contribution in [0.15, 0.2) is 180 Å². The van der Waals surface area contributed by atoms with E-state index >= 15 is 0 Å². The first-order chi connectivity index (χ1) is 25.3. The van der Waals surface area contributed by atoms with Gasteiger partial charge in [-0.15, -0.1) is 0 Å². The zero-order valence-electron chi connectivity index (χ0n) is 27.5. The number of hydrogen-bond donors (Lipinski definition) is 0. The molecular formula is C47H29N3O. The van der Waals surface area contributed by atoms with Crippen LogP contribution in [0.2, 0.25) is 0 Å². The van der Waals surface area contributed by atoms with Gasteiger partial charge >= 0.3 is 0 Å². The van der Waals surface area contributed by atoms with Gasteiger partial charge in [-0.25, -0.2) is 15.0 Å². The molecular weight excluding hydrogens is 623 g/mol. The third-order valence-corrected chi connectivity index (χ3v) is 9.76. The Morgan fingerprint density at radius 2 is 0.863 bits per heavy atom. The van der Waals surface area contributed by atoms with Crippen molar-refractivity contribution in [2.45, 2.75) is 0 Å². The molecule has 2 heterocycles. The van der Waals surface area contributed by atoms with Crippen LogP contribution in [0.3, 0.4) is 0 Å². The summed E-state index contributed by atoms with van der Waals surface area (Å²) in [5.41, 5.74) is 8.82. The molecule has 0 aliphatic carbocycles. The summed E-state index contributed by atoms with van der Waals surface area (Å²) < 4.78 is 6.67. The Bertz CT molecular complexity index is 2910. The molecule has 2 aromatic heterocycles. The molecule has 4 nitrogen and oxygen atoms in total. The third kappa shape index (κ3) is 4.88. The summed E-state index contributed by atoms with van der Waals surface area (Å²) in [4.78, 5) is 15.5. The van der Waals surface area contributed by atoms with E-state index < -0.39 is 0 Å². The first-order valence-corrected chi connectivity index (χ1v) is 17.1. The number of para-hydroxylation sites is 1. The van der Waals surface area contributed by atoms with Crippen LogP contribution in [-0.2, 0) is 0 Å². The molecule has 0 radical (unpaired) electrons. The van der Waals surface area contributed by atoms with Gasteiger partial charge in [0.05, 0.1) is 0 Å². The Morgan fingerprint density at radius 3 is 1.65 bits per heavy atom. The second-order valence-electron chi connectivity index (χ2n) is 12.7. The van der Waals surface area contributed by atoms with Crippen LogP contribution in [0.1, 0.15) is 0 Å². The molecule has 0 aliphatic rings. The number of benzene rings is 8. The summed E-state index contributed by atoms with van der Waals surface area (Å²) in [6.45, 7) is 0. The molecule has 51 heavy (non-hydrogen) atoms. The van der Waals surface area contributed by atoms with Crippen molar-refractivity contribution in [2.75, 3.05) is 0 Å². The van der Waals surface area contributed by atoms with E-state index in [2.05, 4.69) is 133 Å². The summed E-state index contributed by atoms with van der Waals surface area (Å²) in [7, 11) is 0. The first kappa shape index (κ1) is 29.0. The van der Waals surface area contributed by atoms with Gasteiger partial charge in [0.25, 0.3) is 0 Å². The van der Waals surface area contributed by atoms with Gasteiger partial charge < -0.3 is 4.42 Å². The molecule has 0 atom stereocenters. The second-order valence-corrected chi connectivity index (χ2v) is 12.7. The van der Waals surface area contributed by atoms with Crippen molar-refractivity contribution in [1.82, 2.24) is 15.0 Å². The van der Waals surface area contributed by atoms with Crippen LogP contribution < -0.4 is 0 Å². The van der Waals surface area contributed by atoms with Crippen molar-refractivity contribution in [3.63, 3.8) is 0 Å². The predicted octanol–water partition coefficient (Wildman–Crippen LogP) is 12.4. The van der Waals surface area contributed by atoms with Crippen molar-refractivity contribution in [3.8, 4) is 56.4 Å². The average molecular weight is 652 g/mol. The predicted molar refractivity (Wildman–Crippen MR) is 209 cm³/mol. The quantitative estimate of drug-likeness (QED) is 0.186. The summed E-state index contributed by atoms with van der Waals surface area (Å²) in [6, 6.07) is 60.8. The lowest BCUT2D eigenvalue weighted by Crippen LogP contribution is -2.01. The van der Waals surface area contributed by atoms with Crippen molar-refractivity contribution >= 4 is 43.5 Å². The Morgan fingerprint density at radius 1 is 0.314 bits per heavy atom. The molecule has 0 N–H and O–H groups in total. The lowest BCUT2D eigenvalue weighted by atomic mass is 9.94. The molecule has 10 rings (SSSR count). The molecule has 4 heteroatoms. The Balaban J connectivity index is 1.20. The average Bonchev–Trinajstić information content (AvgIpc) is 3.61. The van der Waals surface area contributed by atoms with E-state index in [0.717, 1.165) is 60.5 Å². The molecule has 0 saturated carbocycles. The van der Waals surface area contributed by atoms with Crippen LogP contribution in [0.5, 0.6) is 0 Å². The maximum Gasteiger partial charge on any atom is 0.164 e. The maximum atomic E-state index is 6.67. The van der Waals surface area contributed by atoms with E-state index in [0.29, 0.717) is 17.5 Å². The van der Waals surface area contributed by atoms with Crippen molar-refractivity contribution in [3.05, 3.63) is 176 Å². The third-order valence-electron chi connectivity index (χ3n) is 9.76. The Kier molecular flexibility index (Phi) is 6.78. The van der Waals surface area contributed by atoms with Gasteiger partial charge in [0.2, 0.25) is 0 Å². The summed E-state index contributed by atoms with van der Waals surface area (Å²) >= 11 is 0. The molecule has 0 bridgehead atoms. The van der Waals surface area contributed by atoms with Gasteiger partial charge in [0.15, 0.2) is 17.5 Å². The van der Waals surface area contributed by atoms with Crippen LogP contribution in [0, 0.1) is 0 Å². The SMILES string of the molecule is c1ccc(-c2nc(-c3ccccc3-c3cccc4c3oc3ccc5ccccc5c34)nc(-c3ccc(-c4ccccc4)c4ccccc34)n2)cc1. The highest BCUT2D eigenvalue weighted by Gasteiger charge is 2.20. The van der Waals surface area contributed by atoms with Crippen molar-refractivity contribution < 1.29 is 4.42 Å². The maximum absolute atomic E-state index is 6.67. The molecule has 0 fully saturated rings. The number of furan rings is 1. The fraction of sp³-hybridized carbons (Fsp3) is 0. The van der Waals surface area contributed by atoms with Gasteiger partial charge in [-0.1, -0.05) is 164 Å². The summed E-state index contributed by atoms with van der Waals surface area (Å²) in [5.74, 6) is 1.84. The highest BCUT2D eigenvalue weighted by atomic mass is 16.3. The summed E-state index contributed by atoms with van der Waals surface area (Å²) in [6.07, 6.45) is 0. The highest BCUT2D eigenvalue weighted by Crippen LogP contribution is 2.42. The lowest BCUT2D eigenvalue weighted by Gasteiger charge is -2.14. The molecule has 0 spiro atoms. The molecule has 0 aliphatic heterocycles. The molecule has 8 aromatic carbocycles. The molecule has 0 unspecified atom stereocenters. The van der Waals surface area contributed by atoms with E-state index in [4.69, 9.17) is 19.4 Å². The van der Waals surface area contributed by atoms with Crippen LogP contribution in [-0.4, -0.2) is 15.0 Å². The van der Waals surface area contributed by atoms with Crippen LogP contribution in [0.4, 0.5) is 0 Å². The number of hydrogen-bond acceptors (Lipinski definition) is 4. The Labute approximate surface area is 294 Å². The Hall–Kier alpha value is -6.91. The van der Waals surface area contributed by atoms with Gasteiger partial charge in [-0.2, -0.15) is 0 Å². The highest BCUT2D eigenvalue weighted by molar-refractivity contribution is 6.21. The topological polar surface area (TPSA) is 51.8 Å². The van der Waals surface area contributed by atoms with E-state index in [1.165, 1.54) is 21.9 Å². The van der Waals surface area contributed by atoms with Gasteiger partial charge in [0.1, 0.15) is 11.2 Å². The second kappa shape index (κ2) is 11.9. The number of aromatic nitrogens is 3. The molecule has 0 saturated heterocycles. The van der Waals surface area contributed by atoms with Gasteiger partial charge in [-0.3, -0.25) is 0 Å². The van der Waals surface area contributed by atoms with E-state index in [9.17, 15) is 0 Å². The van der Waals surface area contributed by atoms with E-state index in [1.807, 2.05) is 42.5 Å². The fourth-order valence-corrected chi connectivity index (χ4v) is 7.39. The minimum atomic E-state index is 0.601. The smallest absolute Gasteiger partial charge is 0.164 e. The first-order valence-electron chi connectivity index (χ1n) is 17.1. The normalized spacial score (nSPS) is 11.5. The summed E-state index contributed by atoms with van der Waals surface area (Å²) in [5, 5.41) is 6.81. The van der Waals surface area contributed by atoms with Gasteiger partial charge in [0, 0.05) is 33.0 Å². The van der Waals surface area contributed by atoms with E-state index in [1.54, 1.807) is 0 Å². The number of nitrogens with zero attached hydrogens (tertiary/aromatic N) is 3. The van der Waals surface area contributed by atoms with Crippen molar-refractivity contribution in [1.29, 1.82) is 0 Å². The van der Waals surface area contributed by atoms with Crippen LogP contribution >= 0.6 is 0 Å².